The molecule has 2 aromatic rings. The Morgan fingerprint density at radius 1 is 1.09 bits per heavy atom. The molecule has 0 aromatic heterocycles. The van der Waals surface area contributed by atoms with Gasteiger partial charge in [0.2, 0.25) is 5.91 Å². The lowest BCUT2D eigenvalue weighted by atomic mass is 10.0. The minimum absolute atomic E-state index is 0.176. The van der Waals surface area contributed by atoms with Crippen LogP contribution < -0.4 is 10.6 Å². The molecule has 2 aromatic carbocycles. The molecule has 0 bridgehead atoms. The van der Waals surface area contributed by atoms with Gasteiger partial charge in [0.1, 0.15) is 12.6 Å². The van der Waals surface area contributed by atoms with E-state index in [9.17, 15) is 9.59 Å². The molecule has 1 heterocycles. The lowest BCUT2D eigenvalue weighted by molar-refractivity contribution is -0.128. The zero-order valence-electron chi connectivity index (χ0n) is 11.9. The van der Waals surface area contributed by atoms with Gasteiger partial charge in [-0.2, -0.15) is 0 Å². The van der Waals surface area contributed by atoms with Gasteiger partial charge in [-0.1, -0.05) is 54.6 Å². The third-order valence-corrected chi connectivity index (χ3v) is 3.52. The maximum absolute atomic E-state index is 11.5. The van der Waals surface area contributed by atoms with E-state index in [0.717, 1.165) is 16.7 Å². The van der Waals surface area contributed by atoms with Crippen molar-refractivity contribution in [3.8, 4) is 11.1 Å². The molecule has 5 heteroatoms. The van der Waals surface area contributed by atoms with Crippen LogP contribution in [0.1, 0.15) is 5.56 Å². The quantitative estimate of drug-likeness (QED) is 0.849. The van der Waals surface area contributed by atoms with E-state index in [1.54, 1.807) is 0 Å². The van der Waals surface area contributed by atoms with Crippen LogP contribution in [0.4, 0.5) is 4.79 Å². The van der Waals surface area contributed by atoms with E-state index in [-0.39, 0.29) is 12.5 Å². The third kappa shape index (κ3) is 3.25. The number of amides is 2. The van der Waals surface area contributed by atoms with E-state index < -0.39 is 12.1 Å². The standard InChI is InChI=1S/C17H16N2O3/c20-16-15(10-18-16)19-17(21)22-11-12-6-8-14(9-7-12)13-4-2-1-3-5-13/h1-9,15H,10-11H2,(H,18,20)(H,19,21)/t15-/m0/s1. The van der Waals surface area contributed by atoms with Crippen molar-refractivity contribution in [2.24, 2.45) is 0 Å². The molecule has 0 spiro atoms. The van der Waals surface area contributed by atoms with Crippen LogP contribution in [0, 0.1) is 0 Å². The minimum atomic E-state index is -0.577. The molecule has 0 radical (unpaired) electrons. The van der Waals surface area contributed by atoms with E-state index in [1.165, 1.54) is 0 Å². The van der Waals surface area contributed by atoms with Gasteiger partial charge in [0, 0.05) is 6.54 Å². The van der Waals surface area contributed by atoms with Crippen LogP contribution >= 0.6 is 0 Å². The fourth-order valence-electron chi connectivity index (χ4n) is 2.16. The first-order chi connectivity index (χ1) is 10.7. The molecule has 1 atom stereocenters. The predicted octanol–water partition coefficient (Wildman–Crippen LogP) is 2.08. The monoisotopic (exact) mass is 296 g/mol. The van der Waals surface area contributed by atoms with Crippen LogP contribution in [0.3, 0.4) is 0 Å². The maximum Gasteiger partial charge on any atom is 0.408 e. The third-order valence-electron chi connectivity index (χ3n) is 3.52. The first-order valence-corrected chi connectivity index (χ1v) is 7.08. The summed E-state index contributed by atoms with van der Waals surface area (Å²) in [5, 5.41) is 5.05. The Kier molecular flexibility index (Phi) is 4.05. The first-order valence-electron chi connectivity index (χ1n) is 7.08. The van der Waals surface area contributed by atoms with Crippen molar-refractivity contribution in [3.63, 3.8) is 0 Å². The van der Waals surface area contributed by atoms with E-state index in [1.807, 2.05) is 54.6 Å². The molecule has 2 amide bonds. The molecule has 1 saturated heterocycles. The Morgan fingerprint density at radius 3 is 2.36 bits per heavy atom. The van der Waals surface area contributed by atoms with Crippen molar-refractivity contribution in [3.05, 3.63) is 60.2 Å². The van der Waals surface area contributed by atoms with E-state index in [0.29, 0.717) is 6.54 Å². The molecule has 5 nitrogen and oxygen atoms in total. The second kappa shape index (κ2) is 6.30. The highest BCUT2D eigenvalue weighted by Crippen LogP contribution is 2.19. The number of hydrogen-bond acceptors (Lipinski definition) is 3. The van der Waals surface area contributed by atoms with Crippen LogP contribution in [-0.2, 0) is 16.1 Å². The largest absolute Gasteiger partial charge is 0.445 e. The van der Waals surface area contributed by atoms with Crippen LogP contribution in [0.15, 0.2) is 54.6 Å². The summed E-state index contributed by atoms with van der Waals surface area (Å²) in [6.45, 7) is 0.634. The van der Waals surface area contributed by atoms with Crippen molar-refractivity contribution in [1.82, 2.24) is 10.6 Å². The van der Waals surface area contributed by atoms with E-state index in [4.69, 9.17) is 4.74 Å². The highest BCUT2D eigenvalue weighted by Gasteiger charge is 2.29. The summed E-state index contributed by atoms with van der Waals surface area (Å²) < 4.78 is 5.10. The van der Waals surface area contributed by atoms with Crippen molar-refractivity contribution in [2.45, 2.75) is 12.6 Å². The Hall–Kier alpha value is -2.82. The van der Waals surface area contributed by atoms with Gasteiger partial charge in [0.05, 0.1) is 0 Å². The van der Waals surface area contributed by atoms with Gasteiger partial charge in [-0.25, -0.2) is 4.79 Å². The molecule has 3 rings (SSSR count). The number of hydrogen-bond donors (Lipinski definition) is 2. The molecule has 112 valence electrons. The highest BCUT2D eigenvalue weighted by molar-refractivity contribution is 5.90. The van der Waals surface area contributed by atoms with Gasteiger partial charge < -0.3 is 15.4 Å². The summed E-state index contributed by atoms with van der Waals surface area (Å²) in [6, 6.07) is 17.4. The number of nitrogens with one attached hydrogen (secondary N) is 2. The van der Waals surface area contributed by atoms with Crippen LogP contribution in [-0.4, -0.2) is 24.6 Å². The fraction of sp³-hybridized carbons (Fsp3) is 0.176. The lowest BCUT2D eigenvalue weighted by Crippen LogP contribution is -2.61. The molecule has 22 heavy (non-hydrogen) atoms. The molecule has 1 aliphatic rings. The van der Waals surface area contributed by atoms with Gasteiger partial charge in [0.25, 0.3) is 0 Å². The van der Waals surface area contributed by atoms with E-state index >= 15 is 0 Å². The zero-order chi connectivity index (χ0) is 15.4. The van der Waals surface area contributed by atoms with Gasteiger partial charge in [0.15, 0.2) is 0 Å². The summed E-state index contributed by atoms with van der Waals surface area (Å²) >= 11 is 0. The van der Waals surface area contributed by atoms with Crippen molar-refractivity contribution >= 4 is 12.0 Å². The number of alkyl carbamates (subject to hydrolysis) is 1. The SMILES string of the molecule is O=C(N[C@H]1CNC1=O)OCc1ccc(-c2ccccc2)cc1. The predicted molar refractivity (Wildman–Crippen MR) is 82.0 cm³/mol. The first kappa shape index (κ1) is 14.1. The number of carbonyl (C=O) groups excluding carboxylic acids is 2. The Labute approximate surface area is 128 Å². The van der Waals surface area contributed by atoms with Gasteiger partial charge in [-0.15, -0.1) is 0 Å². The molecule has 0 unspecified atom stereocenters. The smallest absolute Gasteiger partial charge is 0.408 e. The summed E-state index contributed by atoms with van der Waals surface area (Å²) in [7, 11) is 0. The second-order valence-electron chi connectivity index (χ2n) is 5.08. The average molecular weight is 296 g/mol. The summed E-state index contributed by atoms with van der Waals surface area (Å²) in [5.41, 5.74) is 3.15. The highest BCUT2D eigenvalue weighted by atomic mass is 16.5. The second-order valence-corrected chi connectivity index (χ2v) is 5.08. The Balaban J connectivity index is 1.53. The number of benzene rings is 2. The average Bonchev–Trinajstić information content (AvgIpc) is 2.58. The maximum atomic E-state index is 11.5. The normalized spacial score (nSPS) is 16.4. The number of β-lactam (4-membered cyclic amide) rings is 1. The summed E-state index contributed by atoms with van der Waals surface area (Å²) in [6.07, 6.45) is -0.577. The van der Waals surface area contributed by atoms with Gasteiger partial charge in [-0.05, 0) is 16.7 Å². The number of carbonyl (C=O) groups is 2. The molecule has 2 N–H and O–H groups in total. The lowest BCUT2D eigenvalue weighted by Gasteiger charge is -2.26. The molecule has 0 saturated carbocycles. The van der Waals surface area contributed by atoms with Gasteiger partial charge in [-0.3, -0.25) is 4.79 Å². The zero-order valence-corrected chi connectivity index (χ0v) is 11.9. The minimum Gasteiger partial charge on any atom is -0.445 e. The molecule has 0 aliphatic carbocycles. The molecular formula is C17H16N2O3. The topological polar surface area (TPSA) is 67.4 Å². The molecule has 1 aliphatic heterocycles. The van der Waals surface area contributed by atoms with Crippen LogP contribution in [0.25, 0.3) is 11.1 Å². The van der Waals surface area contributed by atoms with Crippen molar-refractivity contribution < 1.29 is 14.3 Å². The summed E-state index contributed by atoms with van der Waals surface area (Å²) in [5.74, 6) is -0.177. The van der Waals surface area contributed by atoms with Crippen molar-refractivity contribution in [1.29, 1.82) is 0 Å². The van der Waals surface area contributed by atoms with Crippen molar-refractivity contribution in [2.75, 3.05) is 6.54 Å². The number of rotatable bonds is 4. The van der Waals surface area contributed by atoms with Crippen LogP contribution in [0.2, 0.25) is 0 Å². The van der Waals surface area contributed by atoms with Crippen LogP contribution in [0.5, 0.6) is 0 Å². The van der Waals surface area contributed by atoms with Gasteiger partial charge >= 0.3 is 6.09 Å². The fourth-order valence-corrected chi connectivity index (χ4v) is 2.16. The molecular weight excluding hydrogens is 280 g/mol. The molecule has 1 fully saturated rings. The number of ether oxygens (including phenoxy) is 1. The Bertz CT molecular complexity index is 668. The van der Waals surface area contributed by atoms with E-state index in [2.05, 4.69) is 10.6 Å². The Morgan fingerprint density at radius 2 is 1.77 bits per heavy atom. The summed E-state index contributed by atoms with van der Waals surface area (Å²) in [4.78, 5) is 22.6.